The molecule has 6 heteroatoms. The van der Waals surface area contributed by atoms with Gasteiger partial charge >= 0.3 is 6.18 Å². The number of carbonyl (C=O) groups excluding carboxylic acids is 1. The fourth-order valence-electron chi connectivity index (χ4n) is 2.44. The van der Waals surface area contributed by atoms with E-state index in [9.17, 15) is 18.0 Å². The number of halogens is 3. The zero-order valence-corrected chi connectivity index (χ0v) is 14.5. The molecule has 0 saturated heterocycles. The average molecular weight is 351 g/mol. The maximum absolute atomic E-state index is 13.0. The number of hydrogen-bond acceptors (Lipinski definition) is 2. The van der Waals surface area contributed by atoms with Crippen molar-refractivity contribution in [1.82, 2.24) is 0 Å². The van der Waals surface area contributed by atoms with Gasteiger partial charge in [-0.25, -0.2) is 0 Å². The smallest absolute Gasteiger partial charge is 0.418 e. The van der Waals surface area contributed by atoms with Crippen LogP contribution in [0.15, 0.2) is 36.4 Å². The first-order valence-corrected chi connectivity index (χ1v) is 7.81. The number of nitrogens with one attached hydrogen (secondary N) is 1. The summed E-state index contributed by atoms with van der Waals surface area (Å²) in [7, 11) is 0. The van der Waals surface area contributed by atoms with Crippen LogP contribution in [0, 0.1) is 20.8 Å². The summed E-state index contributed by atoms with van der Waals surface area (Å²) in [6.07, 6.45) is -5.49. The Bertz CT molecular complexity index is 785. The molecule has 0 heterocycles. The molecule has 2 rings (SSSR count). The molecule has 1 unspecified atom stereocenters. The Morgan fingerprint density at radius 1 is 1.12 bits per heavy atom. The number of amides is 1. The van der Waals surface area contributed by atoms with Gasteiger partial charge in [0.15, 0.2) is 6.10 Å². The molecule has 134 valence electrons. The molecule has 1 amide bonds. The van der Waals surface area contributed by atoms with Gasteiger partial charge in [0.1, 0.15) is 5.75 Å². The molecule has 0 saturated carbocycles. The molecule has 3 nitrogen and oxygen atoms in total. The molecule has 1 atom stereocenters. The molecular weight excluding hydrogens is 331 g/mol. The summed E-state index contributed by atoms with van der Waals surface area (Å²) in [6.45, 7) is 7.21. The van der Waals surface area contributed by atoms with Gasteiger partial charge in [0.05, 0.1) is 11.3 Å². The number of benzene rings is 2. The lowest BCUT2D eigenvalue weighted by Crippen LogP contribution is -2.31. The van der Waals surface area contributed by atoms with Crippen molar-refractivity contribution in [2.45, 2.75) is 40.0 Å². The van der Waals surface area contributed by atoms with Crippen LogP contribution in [0.4, 0.5) is 18.9 Å². The van der Waals surface area contributed by atoms with Crippen molar-refractivity contribution in [2.24, 2.45) is 0 Å². The molecule has 25 heavy (non-hydrogen) atoms. The van der Waals surface area contributed by atoms with Gasteiger partial charge in [-0.1, -0.05) is 18.2 Å². The van der Waals surface area contributed by atoms with Gasteiger partial charge in [-0.3, -0.25) is 4.79 Å². The highest BCUT2D eigenvalue weighted by molar-refractivity contribution is 5.94. The van der Waals surface area contributed by atoms with Crippen LogP contribution in [-0.4, -0.2) is 12.0 Å². The lowest BCUT2D eigenvalue weighted by Gasteiger charge is -2.19. The summed E-state index contributed by atoms with van der Waals surface area (Å²) in [5.74, 6) is -0.0977. The van der Waals surface area contributed by atoms with Gasteiger partial charge in [0.25, 0.3) is 5.91 Å². The number of ether oxygens (including phenoxy) is 1. The third kappa shape index (κ3) is 4.53. The van der Waals surface area contributed by atoms with Crippen LogP contribution in [-0.2, 0) is 11.0 Å². The van der Waals surface area contributed by atoms with Crippen LogP contribution >= 0.6 is 0 Å². The minimum absolute atomic E-state index is 0.285. The first-order valence-electron chi connectivity index (χ1n) is 7.81. The predicted octanol–water partition coefficient (Wildman–Crippen LogP) is 5.04. The normalized spacial score (nSPS) is 12.6. The zero-order chi connectivity index (χ0) is 18.8. The lowest BCUT2D eigenvalue weighted by atomic mass is 10.1. The van der Waals surface area contributed by atoms with Crippen LogP contribution in [0.1, 0.15) is 29.2 Å². The summed E-state index contributed by atoms with van der Waals surface area (Å²) in [6, 6.07) is 8.65. The highest BCUT2D eigenvalue weighted by Gasteiger charge is 2.34. The fourth-order valence-corrected chi connectivity index (χ4v) is 2.44. The second-order valence-electron chi connectivity index (χ2n) is 6.00. The minimum Gasteiger partial charge on any atom is -0.481 e. The van der Waals surface area contributed by atoms with Crippen molar-refractivity contribution >= 4 is 11.6 Å². The quantitative estimate of drug-likeness (QED) is 0.838. The van der Waals surface area contributed by atoms with Crippen molar-refractivity contribution < 1.29 is 22.7 Å². The van der Waals surface area contributed by atoms with Crippen molar-refractivity contribution in [1.29, 1.82) is 0 Å². The van der Waals surface area contributed by atoms with Gasteiger partial charge < -0.3 is 10.1 Å². The molecule has 0 radical (unpaired) electrons. The van der Waals surface area contributed by atoms with E-state index in [1.807, 2.05) is 26.8 Å². The number of hydrogen-bond donors (Lipinski definition) is 1. The van der Waals surface area contributed by atoms with Crippen LogP contribution in [0.2, 0.25) is 0 Å². The summed E-state index contributed by atoms with van der Waals surface area (Å²) in [5, 5.41) is 2.30. The standard InChI is InChI=1S/C19H20F3NO2/c1-11-9-12(2)13(3)17(10-11)25-14(4)18(24)23-16-8-6-5-7-15(16)19(20,21)22/h5-10,14H,1-4H3,(H,23,24). The third-order valence-electron chi connectivity index (χ3n) is 3.93. The topological polar surface area (TPSA) is 38.3 Å². The van der Waals surface area contributed by atoms with Gasteiger partial charge in [0.2, 0.25) is 0 Å². The molecule has 0 fully saturated rings. The summed E-state index contributed by atoms with van der Waals surface area (Å²) in [4.78, 5) is 12.3. The van der Waals surface area contributed by atoms with Crippen LogP contribution in [0.25, 0.3) is 0 Å². The highest BCUT2D eigenvalue weighted by atomic mass is 19.4. The Labute approximate surface area is 144 Å². The van der Waals surface area contributed by atoms with Crippen molar-refractivity contribution in [2.75, 3.05) is 5.32 Å². The van der Waals surface area contributed by atoms with E-state index < -0.39 is 23.8 Å². The third-order valence-corrected chi connectivity index (χ3v) is 3.93. The number of carbonyl (C=O) groups is 1. The fraction of sp³-hybridized carbons (Fsp3) is 0.316. The van der Waals surface area contributed by atoms with Gasteiger partial charge in [-0.15, -0.1) is 0 Å². The SMILES string of the molecule is Cc1cc(C)c(C)c(OC(C)C(=O)Nc2ccccc2C(F)(F)F)c1. The Kier molecular flexibility index (Phi) is 5.40. The molecule has 0 aromatic heterocycles. The lowest BCUT2D eigenvalue weighted by molar-refractivity contribution is -0.137. The monoisotopic (exact) mass is 351 g/mol. The Morgan fingerprint density at radius 3 is 2.40 bits per heavy atom. The molecule has 0 aliphatic heterocycles. The molecule has 2 aromatic rings. The van der Waals surface area contributed by atoms with E-state index in [0.717, 1.165) is 22.8 Å². The van der Waals surface area contributed by atoms with E-state index in [4.69, 9.17) is 4.74 Å². The van der Waals surface area contributed by atoms with Crippen molar-refractivity contribution in [3.05, 3.63) is 58.7 Å². The molecular formula is C19H20F3NO2. The predicted molar refractivity (Wildman–Crippen MR) is 90.8 cm³/mol. The minimum atomic E-state index is -4.54. The summed E-state index contributed by atoms with van der Waals surface area (Å²) in [5.41, 5.74) is 1.71. The van der Waals surface area contributed by atoms with Gasteiger partial charge in [-0.05, 0) is 62.6 Å². The van der Waals surface area contributed by atoms with Crippen LogP contribution in [0.5, 0.6) is 5.75 Å². The van der Waals surface area contributed by atoms with Crippen LogP contribution < -0.4 is 10.1 Å². The number of alkyl halides is 3. The highest BCUT2D eigenvalue weighted by Crippen LogP contribution is 2.34. The summed E-state index contributed by atoms with van der Waals surface area (Å²) < 4.78 is 44.7. The largest absolute Gasteiger partial charge is 0.481 e. The van der Waals surface area contributed by atoms with Gasteiger partial charge in [-0.2, -0.15) is 13.2 Å². The van der Waals surface area contributed by atoms with Gasteiger partial charge in [0, 0.05) is 0 Å². The molecule has 0 bridgehead atoms. The van der Waals surface area contributed by atoms with E-state index in [1.54, 1.807) is 6.07 Å². The van der Waals surface area contributed by atoms with E-state index in [2.05, 4.69) is 5.32 Å². The Morgan fingerprint density at radius 2 is 1.76 bits per heavy atom. The first-order chi connectivity index (χ1) is 11.6. The number of rotatable bonds is 4. The number of para-hydroxylation sites is 1. The van der Waals surface area contributed by atoms with Crippen molar-refractivity contribution in [3.63, 3.8) is 0 Å². The van der Waals surface area contributed by atoms with Crippen molar-refractivity contribution in [3.8, 4) is 5.75 Å². The Hall–Kier alpha value is -2.50. The van der Waals surface area contributed by atoms with E-state index in [0.29, 0.717) is 5.75 Å². The maximum atomic E-state index is 13.0. The first kappa shape index (κ1) is 18.8. The Balaban J connectivity index is 2.17. The van der Waals surface area contributed by atoms with E-state index in [-0.39, 0.29) is 5.69 Å². The number of aryl methyl sites for hydroxylation is 2. The number of anilines is 1. The molecule has 2 aromatic carbocycles. The second-order valence-corrected chi connectivity index (χ2v) is 6.00. The zero-order valence-electron chi connectivity index (χ0n) is 14.5. The van der Waals surface area contributed by atoms with E-state index >= 15 is 0 Å². The molecule has 0 aliphatic rings. The molecule has 0 aliphatic carbocycles. The van der Waals surface area contributed by atoms with Crippen LogP contribution in [0.3, 0.4) is 0 Å². The molecule has 0 spiro atoms. The maximum Gasteiger partial charge on any atom is 0.418 e. The summed E-state index contributed by atoms with van der Waals surface area (Å²) >= 11 is 0. The molecule has 1 N–H and O–H groups in total. The second kappa shape index (κ2) is 7.17. The van der Waals surface area contributed by atoms with E-state index in [1.165, 1.54) is 25.1 Å². The average Bonchev–Trinajstić information content (AvgIpc) is 2.51.